The number of halogens is 1. The maximum Gasteiger partial charge on any atom is 0.325 e. The number of thiazole rings is 1. The van der Waals surface area contributed by atoms with Gasteiger partial charge in [0.1, 0.15) is 6.54 Å². The van der Waals surface area contributed by atoms with E-state index in [-0.39, 0.29) is 23.8 Å². The Morgan fingerprint density at radius 2 is 1.91 bits per heavy atom. The number of methoxy groups -OCH3 is 1. The van der Waals surface area contributed by atoms with Crippen molar-refractivity contribution in [3.05, 3.63) is 52.3 Å². The van der Waals surface area contributed by atoms with E-state index in [1.54, 1.807) is 22.4 Å². The summed E-state index contributed by atoms with van der Waals surface area (Å²) in [5, 5.41) is 0.676. The van der Waals surface area contributed by atoms with Gasteiger partial charge in [0.2, 0.25) is 5.91 Å². The van der Waals surface area contributed by atoms with Gasteiger partial charge in [-0.1, -0.05) is 22.9 Å². The molecule has 3 rings (SSSR count). The number of carbonyl (C=O) groups is 2. The zero-order valence-electron chi connectivity index (χ0n) is 17.4. The van der Waals surface area contributed by atoms with Crippen molar-refractivity contribution in [2.45, 2.75) is 29.2 Å². The Morgan fingerprint density at radius 3 is 2.56 bits per heavy atom. The summed E-state index contributed by atoms with van der Waals surface area (Å²) in [6, 6.07) is 12.1. The number of amides is 1. The molecule has 32 heavy (non-hydrogen) atoms. The minimum atomic E-state index is -3.39. The van der Waals surface area contributed by atoms with E-state index in [4.69, 9.17) is 16.3 Å². The van der Waals surface area contributed by atoms with Crippen molar-refractivity contribution in [3.63, 3.8) is 0 Å². The van der Waals surface area contributed by atoms with E-state index in [1.165, 1.54) is 19.2 Å². The van der Waals surface area contributed by atoms with Gasteiger partial charge in [0.15, 0.2) is 14.6 Å². The molecule has 170 valence electrons. The van der Waals surface area contributed by atoms with Gasteiger partial charge in [-0.2, -0.15) is 4.99 Å². The van der Waals surface area contributed by atoms with Crippen molar-refractivity contribution in [3.8, 4) is 0 Å². The summed E-state index contributed by atoms with van der Waals surface area (Å²) in [6.45, 7) is -0.132. The first-order valence-corrected chi connectivity index (χ1v) is 13.6. The molecule has 0 N–H and O–H groups in total. The lowest BCUT2D eigenvalue weighted by Gasteiger charge is -2.04. The van der Waals surface area contributed by atoms with E-state index >= 15 is 0 Å². The molecular weight excluding hydrogens is 492 g/mol. The SMILES string of the molecule is COC(=O)Cn1c(=NC(=O)CCCSc2ccc(Cl)cc2)sc2cc(S(C)(=O)=O)ccc21. The van der Waals surface area contributed by atoms with Crippen molar-refractivity contribution in [2.24, 2.45) is 4.99 Å². The van der Waals surface area contributed by atoms with Crippen molar-refractivity contribution < 1.29 is 22.7 Å². The fourth-order valence-corrected chi connectivity index (χ4v) is 5.61. The quantitative estimate of drug-likeness (QED) is 0.258. The Bertz CT molecular complexity index is 1310. The molecule has 0 fully saturated rings. The second-order valence-corrected chi connectivity index (χ2v) is 11.5. The lowest BCUT2D eigenvalue weighted by Crippen LogP contribution is -2.22. The van der Waals surface area contributed by atoms with E-state index in [2.05, 4.69) is 4.99 Å². The standard InChI is InChI=1S/C21H21ClN2O5S3/c1-29-20(26)13-24-17-10-9-16(32(2,27)28)12-18(17)31-21(24)23-19(25)4-3-11-30-15-7-5-14(22)6-8-15/h5-10,12H,3-4,11,13H2,1-2H3. The van der Waals surface area contributed by atoms with E-state index in [0.29, 0.717) is 26.5 Å². The van der Waals surface area contributed by atoms with Gasteiger partial charge in [-0.3, -0.25) is 9.59 Å². The predicted molar refractivity (Wildman–Crippen MR) is 127 cm³/mol. The molecule has 0 unspecified atom stereocenters. The third-order valence-corrected chi connectivity index (χ3v) is 7.94. The van der Waals surface area contributed by atoms with Crippen LogP contribution >= 0.6 is 34.7 Å². The van der Waals surface area contributed by atoms with Crippen LogP contribution in [-0.4, -0.2) is 44.0 Å². The summed E-state index contributed by atoms with van der Waals surface area (Å²) in [4.78, 5) is 30.1. The Morgan fingerprint density at radius 1 is 1.19 bits per heavy atom. The molecule has 1 aromatic heterocycles. The molecule has 0 atom stereocenters. The van der Waals surface area contributed by atoms with Crippen LogP contribution < -0.4 is 4.80 Å². The lowest BCUT2D eigenvalue weighted by atomic mass is 10.3. The number of carbonyl (C=O) groups excluding carboxylic acids is 2. The molecule has 0 radical (unpaired) electrons. The fourth-order valence-electron chi connectivity index (χ4n) is 2.82. The van der Waals surface area contributed by atoms with Crippen molar-refractivity contribution in [1.82, 2.24) is 4.57 Å². The highest BCUT2D eigenvalue weighted by Gasteiger charge is 2.15. The second kappa shape index (κ2) is 10.7. The van der Waals surface area contributed by atoms with Crippen molar-refractivity contribution >= 4 is 66.6 Å². The van der Waals surface area contributed by atoms with Crippen LogP contribution in [0.1, 0.15) is 12.8 Å². The molecule has 0 aliphatic heterocycles. The van der Waals surface area contributed by atoms with Crippen LogP contribution in [-0.2, 0) is 30.7 Å². The lowest BCUT2D eigenvalue weighted by molar-refractivity contribution is -0.141. The summed E-state index contributed by atoms with van der Waals surface area (Å²) in [5.41, 5.74) is 0.609. The summed E-state index contributed by atoms with van der Waals surface area (Å²) in [5.74, 6) is -0.0600. The van der Waals surface area contributed by atoms with Crippen LogP contribution in [0.5, 0.6) is 0 Å². The zero-order valence-corrected chi connectivity index (χ0v) is 20.6. The number of rotatable bonds is 8. The number of hydrogen-bond acceptors (Lipinski definition) is 7. The number of thioether (sulfide) groups is 1. The Kier molecular flexibility index (Phi) is 8.16. The molecule has 1 heterocycles. The number of nitrogens with zero attached hydrogens (tertiary/aromatic N) is 2. The zero-order chi connectivity index (χ0) is 23.3. The minimum Gasteiger partial charge on any atom is -0.468 e. The first kappa shape index (κ1) is 24.5. The highest BCUT2D eigenvalue weighted by molar-refractivity contribution is 7.99. The molecule has 0 saturated heterocycles. The summed E-state index contributed by atoms with van der Waals surface area (Å²) >= 11 is 8.66. The summed E-state index contributed by atoms with van der Waals surface area (Å²) < 4.78 is 30.7. The van der Waals surface area contributed by atoms with Crippen LogP contribution in [0.4, 0.5) is 0 Å². The van der Waals surface area contributed by atoms with Gasteiger partial charge >= 0.3 is 5.97 Å². The highest BCUT2D eigenvalue weighted by atomic mass is 35.5. The molecular formula is C21H21ClN2O5S3. The van der Waals surface area contributed by atoms with Crippen LogP contribution in [0.3, 0.4) is 0 Å². The number of benzene rings is 2. The largest absolute Gasteiger partial charge is 0.468 e. The van der Waals surface area contributed by atoms with Crippen molar-refractivity contribution in [1.29, 1.82) is 0 Å². The van der Waals surface area contributed by atoms with Crippen LogP contribution in [0.15, 0.2) is 57.2 Å². The van der Waals surface area contributed by atoms with Gasteiger partial charge in [0.05, 0.1) is 22.2 Å². The Labute approximate surface area is 199 Å². The molecule has 2 aromatic carbocycles. The Balaban J connectivity index is 1.79. The molecule has 1 amide bonds. The van der Waals surface area contributed by atoms with Crippen LogP contribution in [0.25, 0.3) is 10.2 Å². The van der Waals surface area contributed by atoms with Gasteiger partial charge < -0.3 is 9.30 Å². The predicted octanol–water partition coefficient (Wildman–Crippen LogP) is 3.93. The molecule has 7 nitrogen and oxygen atoms in total. The molecule has 0 saturated carbocycles. The fraction of sp³-hybridized carbons (Fsp3) is 0.286. The third kappa shape index (κ3) is 6.44. The average molecular weight is 513 g/mol. The molecule has 0 bridgehead atoms. The minimum absolute atomic E-state index is 0.132. The molecule has 0 aliphatic rings. The topological polar surface area (TPSA) is 94.8 Å². The molecule has 3 aromatic rings. The van der Waals surface area contributed by atoms with E-state index in [0.717, 1.165) is 28.2 Å². The molecule has 0 aliphatic carbocycles. The van der Waals surface area contributed by atoms with E-state index in [9.17, 15) is 18.0 Å². The van der Waals surface area contributed by atoms with Gasteiger partial charge in [0, 0.05) is 22.6 Å². The van der Waals surface area contributed by atoms with Gasteiger partial charge in [0.25, 0.3) is 0 Å². The van der Waals surface area contributed by atoms with Gasteiger partial charge in [-0.25, -0.2) is 8.42 Å². The number of hydrogen-bond donors (Lipinski definition) is 0. The third-order valence-electron chi connectivity index (χ3n) is 4.43. The van der Waals surface area contributed by atoms with Crippen LogP contribution in [0.2, 0.25) is 5.02 Å². The number of aromatic nitrogens is 1. The number of sulfone groups is 1. The summed E-state index contributed by atoms with van der Waals surface area (Å²) in [7, 11) is -2.11. The maximum atomic E-state index is 12.5. The van der Waals surface area contributed by atoms with E-state index in [1.807, 2.05) is 24.3 Å². The van der Waals surface area contributed by atoms with E-state index < -0.39 is 15.8 Å². The maximum absolute atomic E-state index is 12.5. The number of ether oxygens (including phenoxy) is 1. The Hall–Kier alpha value is -2.14. The monoisotopic (exact) mass is 512 g/mol. The normalized spacial score (nSPS) is 12.3. The average Bonchev–Trinajstić information content (AvgIpc) is 3.07. The van der Waals surface area contributed by atoms with Crippen LogP contribution in [0, 0.1) is 0 Å². The highest BCUT2D eigenvalue weighted by Crippen LogP contribution is 2.23. The van der Waals surface area contributed by atoms with Gasteiger partial charge in [-0.15, -0.1) is 11.8 Å². The number of esters is 1. The first-order chi connectivity index (χ1) is 15.2. The molecule has 0 spiro atoms. The number of fused-ring (bicyclic) bond motifs is 1. The van der Waals surface area contributed by atoms with Crippen molar-refractivity contribution in [2.75, 3.05) is 19.1 Å². The molecule has 11 heteroatoms. The second-order valence-electron chi connectivity index (χ2n) is 6.86. The summed E-state index contributed by atoms with van der Waals surface area (Å²) in [6.07, 6.45) is 2.01. The first-order valence-electron chi connectivity index (χ1n) is 9.53. The van der Waals surface area contributed by atoms with Gasteiger partial charge in [-0.05, 0) is 54.6 Å². The smallest absolute Gasteiger partial charge is 0.325 e.